The van der Waals surface area contributed by atoms with Gasteiger partial charge in [0.05, 0.1) is 0 Å². The summed E-state index contributed by atoms with van der Waals surface area (Å²) in [5, 5.41) is 8.62. The van der Waals surface area contributed by atoms with Crippen LogP contribution in [0.1, 0.15) is 15.9 Å². The molecule has 0 aromatic heterocycles. The first-order chi connectivity index (χ1) is 14.5. The lowest BCUT2D eigenvalue weighted by Crippen LogP contribution is -2.49. The SMILES string of the molecule is O=C(C=Cc1ccccc1N1CCN(C(=O)c2ccc(OC(F)F)cc2)CC1)NO. The first-order valence-corrected chi connectivity index (χ1v) is 9.28. The summed E-state index contributed by atoms with van der Waals surface area (Å²) in [6.45, 7) is -0.743. The Hall–Kier alpha value is -3.46. The number of nitrogens with zero attached hydrogens (tertiary/aromatic N) is 2. The highest BCUT2D eigenvalue weighted by Gasteiger charge is 2.23. The van der Waals surface area contributed by atoms with E-state index in [1.165, 1.54) is 30.3 Å². The smallest absolute Gasteiger partial charge is 0.387 e. The fraction of sp³-hybridized carbons (Fsp3) is 0.238. The van der Waals surface area contributed by atoms with Crippen molar-refractivity contribution >= 4 is 23.6 Å². The number of piperazine rings is 1. The van der Waals surface area contributed by atoms with Crippen molar-refractivity contribution in [1.82, 2.24) is 10.4 Å². The van der Waals surface area contributed by atoms with E-state index in [1.807, 2.05) is 24.3 Å². The predicted molar refractivity (Wildman–Crippen MR) is 107 cm³/mol. The fourth-order valence-corrected chi connectivity index (χ4v) is 3.23. The third-order valence-corrected chi connectivity index (χ3v) is 4.70. The zero-order chi connectivity index (χ0) is 21.5. The Labute approximate surface area is 172 Å². The van der Waals surface area contributed by atoms with Crippen LogP contribution >= 0.6 is 0 Å². The molecule has 3 rings (SSSR count). The zero-order valence-electron chi connectivity index (χ0n) is 16.0. The van der Waals surface area contributed by atoms with E-state index in [9.17, 15) is 18.4 Å². The number of hydrogen-bond acceptors (Lipinski definition) is 5. The molecule has 30 heavy (non-hydrogen) atoms. The number of nitrogens with one attached hydrogen (secondary N) is 1. The highest BCUT2D eigenvalue weighted by molar-refractivity contribution is 5.94. The summed E-state index contributed by atoms with van der Waals surface area (Å²) >= 11 is 0. The summed E-state index contributed by atoms with van der Waals surface area (Å²) in [7, 11) is 0. The van der Waals surface area contributed by atoms with Crippen molar-refractivity contribution in [2.75, 3.05) is 31.1 Å². The summed E-state index contributed by atoms with van der Waals surface area (Å²) in [6.07, 6.45) is 2.85. The van der Waals surface area contributed by atoms with Crippen molar-refractivity contribution in [2.24, 2.45) is 0 Å². The van der Waals surface area contributed by atoms with E-state index in [1.54, 1.807) is 16.5 Å². The van der Waals surface area contributed by atoms with E-state index in [2.05, 4.69) is 9.64 Å². The van der Waals surface area contributed by atoms with Gasteiger partial charge >= 0.3 is 6.61 Å². The van der Waals surface area contributed by atoms with Gasteiger partial charge in [-0.05, 0) is 42.0 Å². The highest BCUT2D eigenvalue weighted by Crippen LogP contribution is 2.24. The number of ether oxygens (including phenoxy) is 1. The summed E-state index contributed by atoms with van der Waals surface area (Å²) < 4.78 is 28.8. The Morgan fingerprint density at radius 1 is 1.03 bits per heavy atom. The number of halogens is 2. The van der Waals surface area contributed by atoms with E-state index >= 15 is 0 Å². The molecule has 1 fully saturated rings. The first kappa shape index (κ1) is 21.3. The molecule has 2 N–H and O–H groups in total. The minimum Gasteiger partial charge on any atom is -0.435 e. The molecule has 2 amide bonds. The number of hydroxylamine groups is 1. The minimum absolute atomic E-state index is 0.00547. The van der Waals surface area contributed by atoms with Crippen molar-refractivity contribution in [1.29, 1.82) is 0 Å². The Bertz CT molecular complexity index is 911. The van der Waals surface area contributed by atoms with Crippen molar-refractivity contribution in [3.05, 3.63) is 65.7 Å². The van der Waals surface area contributed by atoms with Crippen molar-refractivity contribution in [2.45, 2.75) is 6.61 Å². The lowest BCUT2D eigenvalue weighted by molar-refractivity contribution is -0.124. The van der Waals surface area contributed by atoms with Crippen molar-refractivity contribution < 1.29 is 28.3 Å². The van der Waals surface area contributed by atoms with Gasteiger partial charge < -0.3 is 14.5 Å². The second kappa shape index (κ2) is 9.84. The maximum absolute atomic E-state index is 12.7. The van der Waals surface area contributed by atoms with Crippen LogP contribution < -0.4 is 15.1 Å². The summed E-state index contributed by atoms with van der Waals surface area (Å²) in [6, 6.07) is 13.2. The largest absolute Gasteiger partial charge is 0.435 e. The quantitative estimate of drug-likeness (QED) is 0.429. The average molecular weight is 417 g/mol. The maximum atomic E-state index is 12.7. The molecule has 0 unspecified atom stereocenters. The van der Waals surface area contributed by atoms with Crippen LogP contribution in [0.2, 0.25) is 0 Å². The molecule has 1 saturated heterocycles. The lowest BCUT2D eigenvalue weighted by atomic mass is 10.1. The monoisotopic (exact) mass is 417 g/mol. The Balaban J connectivity index is 1.63. The number of hydrogen-bond donors (Lipinski definition) is 2. The second-order valence-electron chi connectivity index (χ2n) is 6.55. The van der Waals surface area contributed by atoms with E-state index in [4.69, 9.17) is 5.21 Å². The second-order valence-corrected chi connectivity index (χ2v) is 6.55. The molecular weight excluding hydrogens is 396 g/mol. The van der Waals surface area contributed by atoms with Gasteiger partial charge in [-0.2, -0.15) is 8.78 Å². The van der Waals surface area contributed by atoms with E-state index in [0.29, 0.717) is 31.7 Å². The molecule has 0 saturated carbocycles. The number of alkyl halides is 2. The molecule has 1 heterocycles. The third kappa shape index (κ3) is 5.32. The molecule has 9 heteroatoms. The van der Waals surface area contributed by atoms with Gasteiger partial charge in [-0.15, -0.1) is 0 Å². The number of amides is 2. The molecule has 0 bridgehead atoms. The van der Waals surface area contributed by atoms with Gasteiger partial charge in [0.25, 0.3) is 11.8 Å². The Morgan fingerprint density at radius 3 is 2.33 bits per heavy atom. The van der Waals surface area contributed by atoms with Gasteiger partial charge in [0, 0.05) is 43.5 Å². The molecule has 0 radical (unpaired) electrons. The number of para-hydroxylation sites is 1. The van der Waals surface area contributed by atoms with Crippen LogP contribution in [0.3, 0.4) is 0 Å². The van der Waals surface area contributed by atoms with Crippen molar-refractivity contribution in [3.8, 4) is 5.75 Å². The van der Waals surface area contributed by atoms with Crippen LogP contribution in [-0.4, -0.2) is 54.7 Å². The predicted octanol–water partition coefficient (Wildman–Crippen LogP) is 2.77. The molecular formula is C21H21F2N3O4. The minimum atomic E-state index is -2.91. The average Bonchev–Trinajstić information content (AvgIpc) is 2.77. The van der Waals surface area contributed by atoms with Crippen LogP contribution in [-0.2, 0) is 4.79 Å². The molecule has 2 aromatic carbocycles. The van der Waals surface area contributed by atoms with E-state index in [-0.39, 0.29) is 11.7 Å². The fourth-order valence-electron chi connectivity index (χ4n) is 3.23. The number of anilines is 1. The van der Waals surface area contributed by atoms with Gasteiger partial charge in [-0.3, -0.25) is 14.8 Å². The third-order valence-electron chi connectivity index (χ3n) is 4.70. The number of benzene rings is 2. The number of carbonyl (C=O) groups is 2. The van der Waals surface area contributed by atoms with Crippen LogP contribution in [0.15, 0.2) is 54.6 Å². The van der Waals surface area contributed by atoms with E-state index < -0.39 is 12.5 Å². The summed E-state index contributed by atoms with van der Waals surface area (Å²) in [4.78, 5) is 27.8. The van der Waals surface area contributed by atoms with Crippen LogP contribution in [0.5, 0.6) is 5.75 Å². The Morgan fingerprint density at radius 2 is 1.70 bits per heavy atom. The molecule has 158 valence electrons. The molecule has 7 nitrogen and oxygen atoms in total. The molecule has 0 spiro atoms. The van der Waals surface area contributed by atoms with Crippen LogP contribution in [0, 0.1) is 0 Å². The van der Waals surface area contributed by atoms with Gasteiger partial charge in [0.1, 0.15) is 5.75 Å². The van der Waals surface area contributed by atoms with E-state index in [0.717, 1.165) is 11.3 Å². The molecule has 1 aliphatic rings. The molecule has 1 aliphatic heterocycles. The topological polar surface area (TPSA) is 82.1 Å². The molecule has 0 aliphatic carbocycles. The summed E-state index contributed by atoms with van der Waals surface area (Å²) in [5.41, 5.74) is 3.69. The van der Waals surface area contributed by atoms with Crippen LogP contribution in [0.4, 0.5) is 14.5 Å². The summed E-state index contributed by atoms with van der Waals surface area (Å²) in [5.74, 6) is -0.790. The Kier molecular flexibility index (Phi) is 6.97. The first-order valence-electron chi connectivity index (χ1n) is 9.28. The van der Waals surface area contributed by atoms with Crippen LogP contribution in [0.25, 0.3) is 6.08 Å². The van der Waals surface area contributed by atoms with Crippen molar-refractivity contribution in [3.63, 3.8) is 0 Å². The molecule has 2 aromatic rings. The maximum Gasteiger partial charge on any atom is 0.387 e. The van der Waals surface area contributed by atoms with Gasteiger partial charge in [0.2, 0.25) is 0 Å². The lowest BCUT2D eigenvalue weighted by Gasteiger charge is -2.36. The number of carbonyl (C=O) groups excluding carboxylic acids is 2. The highest BCUT2D eigenvalue weighted by atomic mass is 19.3. The molecule has 0 atom stereocenters. The number of rotatable bonds is 6. The van der Waals surface area contributed by atoms with Gasteiger partial charge in [0.15, 0.2) is 0 Å². The van der Waals surface area contributed by atoms with Gasteiger partial charge in [-0.25, -0.2) is 5.48 Å². The normalized spacial score (nSPS) is 14.3. The standard InChI is InChI=1S/C21H21F2N3O4/c22-21(23)30-17-8-5-16(6-9-17)20(28)26-13-11-25(12-14-26)18-4-2-1-3-15(18)7-10-19(27)24-29/h1-10,21,29H,11-14H2,(H,24,27). The zero-order valence-corrected chi connectivity index (χ0v) is 16.0. The van der Waals surface area contributed by atoms with Gasteiger partial charge in [-0.1, -0.05) is 18.2 Å².